The summed E-state index contributed by atoms with van der Waals surface area (Å²) in [5.74, 6) is 1.65. The fourth-order valence-electron chi connectivity index (χ4n) is 3.89. The molecule has 2 unspecified atom stereocenters. The van der Waals surface area contributed by atoms with Crippen molar-refractivity contribution in [3.8, 4) is 0 Å². The van der Waals surface area contributed by atoms with Crippen molar-refractivity contribution in [2.45, 2.75) is 19.4 Å². The zero-order valence-corrected chi connectivity index (χ0v) is 16.7. The largest absolute Gasteiger partial charge is 0.354 e. The molecule has 1 saturated heterocycles. The van der Waals surface area contributed by atoms with Crippen LogP contribution in [0, 0.1) is 18.8 Å². The third kappa shape index (κ3) is 4.82. The normalized spacial score (nSPS) is 21.9. The molecule has 6 heteroatoms. The van der Waals surface area contributed by atoms with E-state index in [-0.39, 0.29) is 11.6 Å². The number of carbonyl (C=O) groups excluding carboxylic acids is 2. The Morgan fingerprint density at radius 3 is 2.54 bits per heavy atom. The molecular formula is C22H28N4O2. The summed E-state index contributed by atoms with van der Waals surface area (Å²) >= 11 is 0. The molecule has 1 aromatic carbocycles. The van der Waals surface area contributed by atoms with E-state index in [1.807, 2.05) is 25.1 Å². The minimum atomic E-state index is -0.292. The summed E-state index contributed by atoms with van der Waals surface area (Å²) < 4.78 is 0. The van der Waals surface area contributed by atoms with Crippen LogP contribution >= 0.6 is 0 Å². The summed E-state index contributed by atoms with van der Waals surface area (Å²) in [6, 6.07) is 12.1. The predicted octanol–water partition coefficient (Wildman–Crippen LogP) is 1.58. The molecular weight excluding hydrogens is 352 g/mol. The highest BCUT2D eigenvalue weighted by atomic mass is 16.1. The maximum absolute atomic E-state index is 11.7. The van der Waals surface area contributed by atoms with Gasteiger partial charge in [0.15, 0.2) is 0 Å². The molecule has 28 heavy (non-hydrogen) atoms. The van der Waals surface area contributed by atoms with Crippen molar-refractivity contribution in [3.63, 3.8) is 0 Å². The Hall–Kier alpha value is -2.57. The summed E-state index contributed by atoms with van der Waals surface area (Å²) in [7, 11) is 3.60. The van der Waals surface area contributed by atoms with Crippen LogP contribution in [0.2, 0.25) is 0 Å². The lowest BCUT2D eigenvalue weighted by atomic mass is 10.1. The van der Waals surface area contributed by atoms with Crippen LogP contribution < -0.4 is 16.0 Å². The van der Waals surface area contributed by atoms with Gasteiger partial charge < -0.3 is 16.0 Å². The number of pyridine rings is 1. The molecule has 2 heterocycles. The van der Waals surface area contributed by atoms with Crippen molar-refractivity contribution >= 4 is 12.2 Å². The molecule has 2 aliphatic rings. The fraction of sp³-hybridized carbons (Fsp3) is 0.409. The number of hydrogen-bond donors (Lipinski definition) is 3. The molecule has 4 rings (SSSR count). The SMILES string of the molecule is CNC(=O)c1cc(C=O)cc(Cc2cccc(C)c2)n1.CNC1C2CNCC21. The van der Waals surface area contributed by atoms with Gasteiger partial charge in [-0.2, -0.15) is 0 Å². The Morgan fingerprint density at radius 1 is 1.21 bits per heavy atom. The zero-order valence-electron chi connectivity index (χ0n) is 16.7. The molecule has 2 fully saturated rings. The van der Waals surface area contributed by atoms with Crippen molar-refractivity contribution in [3.05, 3.63) is 64.5 Å². The number of amides is 1. The minimum Gasteiger partial charge on any atom is -0.354 e. The smallest absolute Gasteiger partial charge is 0.269 e. The van der Waals surface area contributed by atoms with Crippen LogP contribution in [0.5, 0.6) is 0 Å². The van der Waals surface area contributed by atoms with Crippen LogP contribution in [0.3, 0.4) is 0 Å². The van der Waals surface area contributed by atoms with Crippen molar-refractivity contribution < 1.29 is 9.59 Å². The molecule has 2 atom stereocenters. The summed E-state index contributed by atoms with van der Waals surface area (Å²) in [6.45, 7) is 4.51. The number of nitrogens with zero attached hydrogens (tertiary/aromatic N) is 1. The number of aldehydes is 1. The molecule has 6 nitrogen and oxygen atoms in total. The molecule has 3 N–H and O–H groups in total. The molecule has 0 radical (unpaired) electrons. The Kier molecular flexibility index (Phi) is 6.54. The van der Waals surface area contributed by atoms with Crippen molar-refractivity contribution in [2.75, 3.05) is 27.2 Å². The monoisotopic (exact) mass is 380 g/mol. The Morgan fingerprint density at radius 2 is 1.96 bits per heavy atom. The van der Waals surface area contributed by atoms with E-state index in [9.17, 15) is 9.59 Å². The number of aryl methyl sites for hydroxylation is 1. The zero-order chi connectivity index (χ0) is 20.1. The highest BCUT2D eigenvalue weighted by Gasteiger charge is 2.51. The molecule has 1 aliphatic heterocycles. The molecule has 148 valence electrons. The van der Waals surface area contributed by atoms with Crippen LogP contribution in [-0.4, -0.2) is 50.4 Å². The van der Waals surface area contributed by atoms with Gasteiger partial charge in [0.25, 0.3) is 5.91 Å². The predicted molar refractivity (Wildman–Crippen MR) is 110 cm³/mol. The standard InChI is InChI=1S/C16H16N2O2.C6H12N2/c1-11-4-3-5-12(6-11)7-14-8-13(10-19)9-15(18-14)16(20)17-2;1-7-6-4-2-8-3-5(4)6/h3-6,8-10H,7H2,1-2H3,(H,17,20);4-8H,2-3H2,1H3. The van der Waals surface area contributed by atoms with Gasteiger partial charge in [-0.3, -0.25) is 9.59 Å². The number of benzene rings is 1. The number of fused-ring (bicyclic) bond motifs is 1. The van der Waals surface area contributed by atoms with Crippen LogP contribution in [0.1, 0.15) is 37.7 Å². The molecule has 1 amide bonds. The Balaban J connectivity index is 0.000000231. The van der Waals surface area contributed by atoms with Gasteiger partial charge in [-0.25, -0.2) is 4.98 Å². The number of piperidine rings is 1. The summed E-state index contributed by atoms with van der Waals surface area (Å²) in [6.07, 6.45) is 1.32. The first kappa shape index (κ1) is 20.2. The van der Waals surface area contributed by atoms with E-state index >= 15 is 0 Å². The molecule has 0 spiro atoms. The Bertz CT molecular complexity index is 835. The van der Waals surface area contributed by atoms with Crippen molar-refractivity contribution in [2.24, 2.45) is 11.8 Å². The minimum absolute atomic E-state index is 0.264. The lowest BCUT2D eigenvalue weighted by molar-refractivity contribution is 0.0958. The van der Waals surface area contributed by atoms with Crippen LogP contribution in [-0.2, 0) is 6.42 Å². The van der Waals surface area contributed by atoms with E-state index in [0.717, 1.165) is 29.7 Å². The van der Waals surface area contributed by atoms with Gasteiger partial charge in [-0.1, -0.05) is 29.8 Å². The number of rotatable bonds is 5. The lowest BCUT2D eigenvalue weighted by Crippen LogP contribution is -2.24. The maximum atomic E-state index is 11.7. The third-order valence-electron chi connectivity index (χ3n) is 5.39. The first-order valence-corrected chi connectivity index (χ1v) is 9.67. The number of nitrogens with one attached hydrogen (secondary N) is 3. The highest BCUT2D eigenvalue weighted by Crippen LogP contribution is 2.41. The summed E-state index contributed by atoms with van der Waals surface area (Å²) in [4.78, 5) is 26.9. The van der Waals surface area contributed by atoms with E-state index in [2.05, 4.69) is 34.0 Å². The van der Waals surface area contributed by atoms with E-state index in [1.54, 1.807) is 6.07 Å². The average Bonchev–Trinajstić information content (AvgIpc) is 3.16. The highest BCUT2D eigenvalue weighted by molar-refractivity contribution is 5.93. The lowest BCUT2D eigenvalue weighted by Gasteiger charge is -2.06. The molecule has 0 bridgehead atoms. The van der Waals surface area contributed by atoms with Gasteiger partial charge in [0.2, 0.25) is 0 Å². The van der Waals surface area contributed by atoms with Gasteiger partial charge >= 0.3 is 0 Å². The fourth-order valence-corrected chi connectivity index (χ4v) is 3.89. The maximum Gasteiger partial charge on any atom is 0.269 e. The second-order valence-corrected chi connectivity index (χ2v) is 7.44. The van der Waals surface area contributed by atoms with E-state index in [4.69, 9.17) is 0 Å². The van der Waals surface area contributed by atoms with Gasteiger partial charge in [0, 0.05) is 30.8 Å². The first-order chi connectivity index (χ1) is 13.5. The second kappa shape index (κ2) is 9.08. The third-order valence-corrected chi connectivity index (χ3v) is 5.39. The van der Waals surface area contributed by atoms with Crippen molar-refractivity contribution in [1.82, 2.24) is 20.9 Å². The molecule has 2 aromatic rings. The topological polar surface area (TPSA) is 83.1 Å². The van der Waals surface area contributed by atoms with Crippen LogP contribution in [0.4, 0.5) is 0 Å². The number of carbonyl (C=O) groups is 2. The van der Waals surface area contributed by atoms with Gasteiger partial charge in [0.05, 0.1) is 0 Å². The van der Waals surface area contributed by atoms with Crippen molar-refractivity contribution in [1.29, 1.82) is 0 Å². The van der Waals surface area contributed by atoms with Crippen LogP contribution in [0.25, 0.3) is 0 Å². The van der Waals surface area contributed by atoms with E-state index < -0.39 is 0 Å². The second-order valence-electron chi connectivity index (χ2n) is 7.44. The van der Waals surface area contributed by atoms with E-state index in [0.29, 0.717) is 17.7 Å². The molecule has 1 aliphatic carbocycles. The molecule has 1 aromatic heterocycles. The van der Waals surface area contributed by atoms with E-state index in [1.165, 1.54) is 31.8 Å². The van der Waals surface area contributed by atoms with Gasteiger partial charge in [-0.15, -0.1) is 0 Å². The van der Waals surface area contributed by atoms with Gasteiger partial charge in [0.1, 0.15) is 12.0 Å². The summed E-state index contributed by atoms with van der Waals surface area (Å²) in [5, 5.41) is 9.16. The first-order valence-electron chi connectivity index (χ1n) is 9.67. The summed E-state index contributed by atoms with van der Waals surface area (Å²) in [5.41, 5.74) is 3.70. The molecule has 1 saturated carbocycles. The van der Waals surface area contributed by atoms with Gasteiger partial charge in [-0.05, 0) is 56.6 Å². The number of hydrogen-bond acceptors (Lipinski definition) is 5. The van der Waals surface area contributed by atoms with Crippen LogP contribution in [0.15, 0.2) is 36.4 Å². The quantitative estimate of drug-likeness (QED) is 0.686. The number of aromatic nitrogens is 1. The Labute approximate surface area is 166 Å². The average molecular weight is 380 g/mol.